The van der Waals surface area contributed by atoms with E-state index in [9.17, 15) is 26.7 Å². The molecule has 1 aromatic heterocycles. The molecule has 4 nitrogen and oxygen atoms in total. The van der Waals surface area contributed by atoms with Gasteiger partial charge in [-0.1, -0.05) is 0 Å². The number of aryl methyl sites for hydroxylation is 3. The van der Waals surface area contributed by atoms with Gasteiger partial charge in [0.05, 0.1) is 11.1 Å². The standard InChI is InChI=1S/C21H15F5N2O2/c1-10-8-27-19(28-9-10)13-4-11(2)17(15(22)6-13)20(29)30-14-5-12(3)18(16(23)7-14)21(24,25)26/h4-9H,1-3H3. The lowest BCUT2D eigenvalue weighted by Gasteiger charge is -2.14. The van der Waals surface area contributed by atoms with Crippen molar-refractivity contribution >= 4 is 5.97 Å². The molecule has 0 spiro atoms. The molecule has 2 aromatic carbocycles. The highest BCUT2D eigenvalue weighted by Gasteiger charge is 2.36. The van der Waals surface area contributed by atoms with E-state index in [2.05, 4.69) is 9.97 Å². The topological polar surface area (TPSA) is 52.1 Å². The summed E-state index contributed by atoms with van der Waals surface area (Å²) in [4.78, 5) is 20.6. The summed E-state index contributed by atoms with van der Waals surface area (Å²) in [6.45, 7) is 4.28. The van der Waals surface area contributed by atoms with Gasteiger partial charge >= 0.3 is 12.1 Å². The summed E-state index contributed by atoms with van der Waals surface area (Å²) in [5, 5.41) is 0. The average molecular weight is 422 g/mol. The first-order valence-corrected chi connectivity index (χ1v) is 8.66. The molecule has 0 saturated heterocycles. The Morgan fingerprint density at radius 3 is 2.07 bits per heavy atom. The number of hydrogen-bond donors (Lipinski definition) is 0. The highest BCUT2D eigenvalue weighted by Crippen LogP contribution is 2.36. The van der Waals surface area contributed by atoms with E-state index in [0.717, 1.165) is 24.6 Å². The molecule has 0 aliphatic rings. The predicted octanol–water partition coefficient (Wildman–Crippen LogP) is 5.59. The second-order valence-electron chi connectivity index (χ2n) is 6.72. The smallest absolute Gasteiger partial charge is 0.419 e. The van der Waals surface area contributed by atoms with Gasteiger partial charge in [-0.25, -0.2) is 23.5 Å². The van der Waals surface area contributed by atoms with E-state index in [0.29, 0.717) is 11.6 Å². The van der Waals surface area contributed by atoms with Crippen LogP contribution < -0.4 is 4.74 Å². The Morgan fingerprint density at radius 2 is 1.53 bits per heavy atom. The van der Waals surface area contributed by atoms with Crippen LogP contribution in [0.1, 0.15) is 32.6 Å². The number of rotatable bonds is 3. The summed E-state index contributed by atoms with van der Waals surface area (Å²) in [7, 11) is 0. The fourth-order valence-electron chi connectivity index (χ4n) is 2.96. The van der Waals surface area contributed by atoms with Crippen molar-refractivity contribution in [3.05, 3.63) is 76.1 Å². The van der Waals surface area contributed by atoms with Gasteiger partial charge in [-0.05, 0) is 55.7 Å². The van der Waals surface area contributed by atoms with Gasteiger partial charge in [0.25, 0.3) is 0 Å². The molecule has 0 aliphatic carbocycles. The van der Waals surface area contributed by atoms with E-state index in [4.69, 9.17) is 4.74 Å². The highest BCUT2D eigenvalue weighted by molar-refractivity contribution is 5.93. The summed E-state index contributed by atoms with van der Waals surface area (Å²) >= 11 is 0. The fourth-order valence-corrected chi connectivity index (χ4v) is 2.96. The molecular weight excluding hydrogens is 407 g/mol. The number of aromatic nitrogens is 2. The number of benzene rings is 2. The lowest BCUT2D eigenvalue weighted by Crippen LogP contribution is -2.15. The first kappa shape index (κ1) is 21.4. The molecule has 30 heavy (non-hydrogen) atoms. The molecular formula is C21H15F5N2O2. The Balaban J connectivity index is 1.92. The Bertz CT molecular complexity index is 1080. The largest absolute Gasteiger partial charge is 0.423 e. The molecule has 0 N–H and O–H groups in total. The number of ether oxygens (including phenoxy) is 1. The molecule has 0 fully saturated rings. The van der Waals surface area contributed by atoms with E-state index >= 15 is 0 Å². The lowest BCUT2D eigenvalue weighted by molar-refractivity contribution is -0.140. The Hall–Kier alpha value is -3.36. The summed E-state index contributed by atoms with van der Waals surface area (Å²) in [5.41, 5.74) is -0.998. The number of esters is 1. The molecule has 3 rings (SSSR count). The van der Waals surface area contributed by atoms with Crippen LogP contribution in [0.4, 0.5) is 22.0 Å². The number of hydrogen-bond acceptors (Lipinski definition) is 4. The van der Waals surface area contributed by atoms with Crippen molar-refractivity contribution in [2.75, 3.05) is 0 Å². The molecule has 0 aliphatic heterocycles. The minimum atomic E-state index is -4.90. The summed E-state index contributed by atoms with van der Waals surface area (Å²) < 4.78 is 72.1. The molecule has 0 amide bonds. The number of halogens is 5. The molecule has 0 unspecified atom stereocenters. The van der Waals surface area contributed by atoms with Crippen LogP contribution in [0.2, 0.25) is 0 Å². The summed E-state index contributed by atoms with van der Waals surface area (Å²) in [5.74, 6) is -3.90. The molecule has 0 radical (unpaired) electrons. The van der Waals surface area contributed by atoms with Gasteiger partial charge in [-0.2, -0.15) is 13.2 Å². The number of carbonyl (C=O) groups excluding carboxylic acids is 1. The molecule has 3 aromatic rings. The predicted molar refractivity (Wildman–Crippen MR) is 98.0 cm³/mol. The molecule has 0 bridgehead atoms. The van der Waals surface area contributed by atoms with Gasteiger partial charge < -0.3 is 4.74 Å². The van der Waals surface area contributed by atoms with Crippen molar-refractivity contribution in [1.82, 2.24) is 9.97 Å². The van der Waals surface area contributed by atoms with Crippen LogP contribution in [0, 0.1) is 32.4 Å². The first-order chi connectivity index (χ1) is 14.0. The van der Waals surface area contributed by atoms with Gasteiger partial charge in [0.1, 0.15) is 17.4 Å². The van der Waals surface area contributed by atoms with E-state index < -0.39 is 46.2 Å². The van der Waals surface area contributed by atoms with Crippen LogP contribution in [0.15, 0.2) is 36.7 Å². The Morgan fingerprint density at radius 1 is 0.900 bits per heavy atom. The fraction of sp³-hybridized carbons (Fsp3) is 0.190. The maximum Gasteiger partial charge on any atom is 0.419 e. The van der Waals surface area contributed by atoms with Crippen molar-refractivity contribution in [3.63, 3.8) is 0 Å². The van der Waals surface area contributed by atoms with Crippen molar-refractivity contribution in [3.8, 4) is 17.1 Å². The van der Waals surface area contributed by atoms with Crippen LogP contribution in [-0.4, -0.2) is 15.9 Å². The average Bonchev–Trinajstić information content (AvgIpc) is 2.59. The second-order valence-corrected chi connectivity index (χ2v) is 6.72. The summed E-state index contributed by atoms with van der Waals surface area (Å²) in [6.07, 6.45) is -1.79. The van der Waals surface area contributed by atoms with Gasteiger partial charge in [0, 0.05) is 24.0 Å². The molecule has 1 heterocycles. The first-order valence-electron chi connectivity index (χ1n) is 8.66. The molecule has 0 saturated carbocycles. The normalized spacial score (nSPS) is 11.5. The number of nitrogens with zero attached hydrogens (tertiary/aromatic N) is 2. The van der Waals surface area contributed by atoms with Gasteiger partial charge in [-0.3, -0.25) is 0 Å². The van der Waals surface area contributed by atoms with Gasteiger partial charge in [0.2, 0.25) is 0 Å². The van der Waals surface area contributed by atoms with Crippen LogP contribution in [0.5, 0.6) is 5.75 Å². The lowest BCUT2D eigenvalue weighted by atomic mass is 10.0. The van der Waals surface area contributed by atoms with Gasteiger partial charge in [0.15, 0.2) is 5.82 Å². The van der Waals surface area contributed by atoms with Crippen molar-refractivity contribution in [2.45, 2.75) is 26.9 Å². The minimum Gasteiger partial charge on any atom is -0.423 e. The van der Waals surface area contributed by atoms with E-state index in [1.54, 1.807) is 19.3 Å². The van der Waals surface area contributed by atoms with Crippen molar-refractivity contribution in [2.24, 2.45) is 0 Å². The Labute approximate surface area is 168 Å². The van der Waals surface area contributed by atoms with Gasteiger partial charge in [-0.15, -0.1) is 0 Å². The number of alkyl halides is 3. The van der Waals surface area contributed by atoms with E-state index in [1.807, 2.05) is 0 Å². The third-order valence-corrected chi connectivity index (χ3v) is 4.29. The number of carbonyl (C=O) groups is 1. The van der Waals surface area contributed by atoms with Crippen molar-refractivity contribution in [1.29, 1.82) is 0 Å². The van der Waals surface area contributed by atoms with Crippen LogP contribution in [-0.2, 0) is 6.18 Å². The van der Waals surface area contributed by atoms with Crippen LogP contribution in [0.3, 0.4) is 0 Å². The van der Waals surface area contributed by atoms with Crippen molar-refractivity contribution < 1.29 is 31.5 Å². The summed E-state index contributed by atoms with van der Waals surface area (Å²) in [6, 6.07) is 3.83. The monoisotopic (exact) mass is 422 g/mol. The van der Waals surface area contributed by atoms with E-state index in [-0.39, 0.29) is 11.4 Å². The highest BCUT2D eigenvalue weighted by atomic mass is 19.4. The molecule has 156 valence electrons. The Kier molecular flexibility index (Phi) is 5.56. The maximum atomic E-state index is 14.6. The van der Waals surface area contributed by atoms with E-state index in [1.165, 1.54) is 13.0 Å². The SMILES string of the molecule is Cc1cnc(-c2cc(C)c(C(=O)Oc3cc(C)c(C(F)(F)F)c(F)c3)c(F)c2)nc1. The maximum absolute atomic E-state index is 14.6. The van der Waals surface area contributed by atoms with Crippen LogP contribution >= 0.6 is 0 Å². The molecule has 0 atom stereocenters. The zero-order valence-electron chi connectivity index (χ0n) is 16.1. The zero-order chi connectivity index (χ0) is 22.2. The minimum absolute atomic E-state index is 0.197. The zero-order valence-corrected chi connectivity index (χ0v) is 16.1. The quantitative estimate of drug-likeness (QED) is 0.314. The molecule has 9 heteroatoms. The third kappa shape index (κ3) is 4.29. The van der Waals surface area contributed by atoms with Crippen LogP contribution in [0.25, 0.3) is 11.4 Å². The second kappa shape index (κ2) is 7.81. The third-order valence-electron chi connectivity index (χ3n) is 4.29.